The summed E-state index contributed by atoms with van der Waals surface area (Å²) >= 11 is 0. The molecule has 6 rings (SSSR count). The van der Waals surface area contributed by atoms with E-state index in [4.69, 9.17) is 0 Å². The normalized spacial score (nSPS) is 40.8. The largest absolute Gasteiger partial charge is 0.282 e. The van der Waals surface area contributed by atoms with E-state index in [1.807, 2.05) is 18.2 Å². The molecule has 3 nitrogen and oxygen atoms in total. The summed E-state index contributed by atoms with van der Waals surface area (Å²) in [7, 11) is 0. The fraction of sp³-hybridized carbons (Fsp3) is 0.474. The first-order valence-corrected chi connectivity index (χ1v) is 8.33. The van der Waals surface area contributed by atoms with Crippen molar-refractivity contribution in [2.75, 3.05) is 6.54 Å². The molecule has 4 aliphatic carbocycles. The number of rotatable bonds is 3. The molecule has 2 amide bonds. The van der Waals surface area contributed by atoms with Crippen molar-refractivity contribution in [3.8, 4) is 0 Å². The summed E-state index contributed by atoms with van der Waals surface area (Å²) in [6, 6.07) is 10.1. The van der Waals surface area contributed by atoms with Gasteiger partial charge in [-0.25, -0.2) is 0 Å². The molecule has 5 aliphatic rings. The predicted octanol–water partition coefficient (Wildman–Crippen LogP) is 2.28. The van der Waals surface area contributed by atoms with E-state index in [0.29, 0.717) is 30.2 Å². The molecule has 0 unspecified atom stereocenters. The summed E-state index contributed by atoms with van der Waals surface area (Å²) in [4.78, 5) is 27.1. The topological polar surface area (TPSA) is 37.4 Å². The minimum Gasteiger partial charge on any atom is -0.282 e. The van der Waals surface area contributed by atoms with Gasteiger partial charge < -0.3 is 0 Å². The van der Waals surface area contributed by atoms with Crippen molar-refractivity contribution in [2.45, 2.75) is 12.8 Å². The Morgan fingerprint density at radius 1 is 0.909 bits per heavy atom. The molecule has 112 valence electrons. The predicted molar refractivity (Wildman–Crippen MR) is 81.6 cm³/mol. The number of imide groups is 1. The number of likely N-dealkylation sites (tertiary alicyclic amines) is 1. The molecule has 3 heteroatoms. The fourth-order valence-corrected chi connectivity index (χ4v) is 5.12. The van der Waals surface area contributed by atoms with Crippen molar-refractivity contribution in [3.05, 3.63) is 48.0 Å². The Balaban J connectivity index is 1.38. The summed E-state index contributed by atoms with van der Waals surface area (Å²) in [6.45, 7) is 0.531. The van der Waals surface area contributed by atoms with Crippen LogP contribution >= 0.6 is 0 Å². The van der Waals surface area contributed by atoms with E-state index in [9.17, 15) is 9.59 Å². The number of benzene rings is 1. The molecule has 1 aromatic rings. The Kier molecular flexibility index (Phi) is 2.47. The van der Waals surface area contributed by atoms with Crippen LogP contribution in [0.3, 0.4) is 0 Å². The average molecular weight is 293 g/mol. The molecule has 0 N–H and O–H groups in total. The highest BCUT2D eigenvalue weighted by molar-refractivity contribution is 6.06. The van der Waals surface area contributed by atoms with Gasteiger partial charge >= 0.3 is 0 Å². The summed E-state index contributed by atoms with van der Waals surface area (Å²) in [5.74, 6) is 2.11. The molecule has 1 saturated heterocycles. The maximum atomic E-state index is 12.8. The number of carbonyl (C=O) groups excluding carboxylic acids is 2. The molecular formula is C19H19NO2. The first-order valence-electron chi connectivity index (χ1n) is 8.33. The van der Waals surface area contributed by atoms with Gasteiger partial charge in [0.05, 0.1) is 11.8 Å². The van der Waals surface area contributed by atoms with Gasteiger partial charge in [-0.15, -0.1) is 0 Å². The second-order valence-electron chi connectivity index (χ2n) is 7.22. The fourth-order valence-electron chi connectivity index (χ4n) is 5.12. The maximum Gasteiger partial charge on any atom is 0.233 e. The van der Waals surface area contributed by atoms with Gasteiger partial charge in [0.1, 0.15) is 0 Å². The lowest BCUT2D eigenvalue weighted by Gasteiger charge is -2.37. The zero-order valence-corrected chi connectivity index (χ0v) is 12.4. The quantitative estimate of drug-likeness (QED) is 0.633. The molecular weight excluding hydrogens is 274 g/mol. The zero-order chi connectivity index (χ0) is 14.8. The second kappa shape index (κ2) is 4.31. The number of hydrogen-bond donors (Lipinski definition) is 0. The molecule has 22 heavy (non-hydrogen) atoms. The van der Waals surface area contributed by atoms with Crippen molar-refractivity contribution < 1.29 is 9.59 Å². The maximum absolute atomic E-state index is 12.8. The molecule has 3 fully saturated rings. The highest BCUT2D eigenvalue weighted by Gasteiger charge is 2.66. The number of amides is 2. The minimum atomic E-state index is -0.0537. The van der Waals surface area contributed by atoms with Crippen molar-refractivity contribution in [1.29, 1.82) is 0 Å². The first-order chi connectivity index (χ1) is 10.8. The molecule has 0 radical (unpaired) electrons. The molecule has 1 heterocycles. The second-order valence-corrected chi connectivity index (χ2v) is 7.22. The standard InChI is InChI=1S/C19H19NO2/c21-18-16-12-6-7-13(15-10-14(12)15)17(16)19(22)20(18)9-8-11-4-2-1-3-5-11/h1-7,12-17H,8-10H2/t12-,13-,14-,15-,16+,17+/m1/s1. The highest BCUT2D eigenvalue weighted by Crippen LogP contribution is 2.65. The number of nitrogens with zero attached hydrogens (tertiary/aromatic N) is 1. The van der Waals surface area contributed by atoms with Crippen LogP contribution in [0.15, 0.2) is 42.5 Å². The van der Waals surface area contributed by atoms with Crippen LogP contribution in [0.1, 0.15) is 12.0 Å². The molecule has 2 saturated carbocycles. The third-order valence-corrected chi connectivity index (χ3v) is 6.22. The van der Waals surface area contributed by atoms with E-state index < -0.39 is 0 Å². The van der Waals surface area contributed by atoms with Crippen molar-refractivity contribution in [3.63, 3.8) is 0 Å². The van der Waals surface area contributed by atoms with E-state index >= 15 is 0 Å². The lowest BCUT2D eigenvalue weighted by atomic mass is 9.63. The van der Waals surface area contributed by atoms with Crippen molar-refractivity contribution in [2.24, 2.45) is 35.5 Å². The van der Waals surface area contributed by atoms with E-state index in [-0.39, 0.29) is 23.7 Å². The van der Waals surface area contributed by atoms with Crippen LogP contribution in [-0.2, 0) is 16.0 Å². The van der Waals surface area contributed by atoms with E-state index in [1.54, 1.807) is 4.90 Å². The van der Waals surface area contributed by atoms with Crippen LogP contribution in [0.2, 0.25) is 0 Å². The van der Waals surface area contributed by atoms with Crippen LogP contribution in [0.25, 0.3) is 0 Å². The Morgan fingerprint density at radius 3 is 2.09 bits per heavy atom. The monoisotopic (exact) mass is 293 g/mol. The van der Waals surface area contributed by atoms with Gasteiger partial charge in [0.2, 0.25) is 11.8 Å². The van der Waals surface area contributed by atoms with Gasteiger partial charge in [0, 0.05) is 6.54 Å². The van der Waals surface area contributed by atoms with E-state index in [0.717, 1.165) is 6.42 Å². The Hall–Kier alpha value is -1.90. The van der Waals surface area contributed by atoms with E-state index in [1.165, 1.54) is 12.0 Å². The smallest absolute Gasteiger partial charge is 0.233 e. The van der Waals surface area contributed by atoms with Gasteiger partial charge in [-0.2, -0.15) is 0 Å². The summed E-state index contributed by atoms with van der Waals surface area (Å²) in [5.41, 5.74) is 1.18. The van der Waals surface area contributed by atoms with Gasteiger partial charge in [-0.3, -0.25) is 14.5 Å². The average Bonchev–Trinajstić information content (AvgIpc) is 3.33. The van der Waals surface area contributed by atoms with Crippen LogP contribution in [0, 0.1) is 35.5 Å². The summed E-state index contributed by atoms with van der Waals surface area (Å²) in [6.07, 6.45) is 6.44. The molecule has 2 bridgehead atoms. The van der Waals surface area contributed by atoms with Crippen LogP contribution in [0.4, 0.5) is 0 Å². The zero-order valence-electron chi connectivity index (χ0n) is 12.4. The van der Waals surface area contributed by atoms with Crippen LogP contribution < -0.4 is 0 Å². The molecule has 0 spiro atoms. The first kappa shape index (κ1) is 12.6. The number of carbonyl (C=O) groups is 2. The molecule has 0 aromatic heterocycles. The van der Waals surface area contributed by atoms with Crippen molar-refractivity contribution in [1.82, 2.24) is 4.90 Å². The minimum absolute atomic E-state index is 0.0537. The molecule has 1 aliphatic heterocycles. The third-order valence-electron chi connectivity index (χ3n) is 6.22. The molecule has 6 atom stereocenters. The SMILES string of the molecule is O=C1[C@H]2[C@@H]3C=C[C@H]([C@H]4C[C@H]34)[C@@H]2C(=O)N1CCc1ccccc1. The van der Waals surface area contributed by atoms with Gasteiger partial charge in [-0.1, -0.05) is 42.5 Å². The Bertz CT molecular complexity index is 644. The Morgan fingerprint density at radius 2 is 1.50 bits per heavy atom. The third kappa shape index (κ3) is 1.57. The van der Waals surface area contributed by atoms with Gasteiger partial charge in [-0.05, 0) is 42.1 Å². The van der Waals surface area contributed by atoms with Crippen LogP contribution in [-0.4, -0.2) is 23.3 Å². The summed E-state index contributed by atoms with van der Waals surface area (Å²) in [5, 5.41) is 0. The van der Waals surface area contributed by atoms with Gasteiger partial charge in [0.25, 0.3) is 0 Å². The lowest BCUT2D eigenvalue weighted by molar-refractivity contribution is -0.140. The van der Waals surface area contributed by atoms with Crippen LogP contribution in [0.5, 0.6) is 0 Å². The van der Waals surface area contributed by atoms with E-state index in [2.05, 4.69) is 24.3 Å². The van der Waals surface area contributed by atoms with Gasteiger partial charge in [0.15, 0.2) is 0 Å². The Labute approximate surface area is 130 Å². The molecule has 1 aromatic carbocycles. The van der Waals surface area contributed by atoms with Crippen molar-refractivity contribution >= 4 is 11.8 Å². The number of hydrogen-bond acceptors (Lipinski definition) is 2. The summed E-state index contributed by atoms with van der Waals surface area (Å²) < 4.78 is 0. The number of allylic oxidation sites excluding steroid dienone is 2. The lowest BCUT2D eigenvalue weighted by Crippen LogP contribution is -2.40. The highest BCUT2D eigenvalue weighted by atomic mass is 16.2.